The van der Waals surface area contributed by atoms with E-state index < -0.39 is 66.2 Å². The van der Waals surface area contributed by atoms with Crippen LogP contribution in [0.1, 0.15) is 44.1 Å². The van der Waals surface area contributed by atoms with Crippen LogP contribution in [0.2, 0.25) is 0 Å². The number of rotatable bonds is 18. The third kappa shape index (κ3) is 10.5. The molecule has 1 aromatic heterocycles. The number of hydrogen-bond donors (Lipinski definition) is 9. The first-order chi connectivity index (χ1) is 19.4. The highest BCUT2D eigenvalue weighted by Gasteiger charge is 2.32. The monoisotopic (exact) mass is 575 g/mol. The molecule has 0 saturated carbocycles. The fourth-order valence-electron chi connectivity index (χ4n) is 4.12. The number of carboxylic acids is 2. The van der Waals surface area contributed by atoms with Crippen LogP contribution in [0, 0.1) is 0 Å². The quantitative estimate of drug-likeness (QED) is 0.0922. The Morgan fingerprint density at radius 2 is 1.49 bits per heavy atom. The third-order valence-electron chi connectivity index (χ3n) is 6.34. The summed E-state index contributed by atoms with van der Waals surface area (Å²) >= 11 is 0. The number of unbranched alkanes of at least 4 members (excludes halogenated alkanes) is 1. The first-order valence-corrected chi connectivity index (χ1v) is 13.1. The van der Waals surface area contributed by atoms with Gasteiger partial charge in [-0.1, -0.05) is 18.2 Å². The average molecular weight is 576 g/mol. The third-order valence-corrected chi connectivity index (χ3v) is 6.34. The number of H-pyrrole nitrogens is 1. The number of aromatic nitrogens is 1. The van der Waals surface area contributed by atoms with E-state index in [1.807, 2.05) is 12.1 Å². The molecular formula is C26H37N7O8. The molecule has 0 bridgehead atoms. The highest BCUT2D eigenvalue weighted by Crippen LogP contribution is 2.19. The van der Waals surface area contributed by atoms with E-state index in [4.69, 9.17) is 17.2 Å². The summed E-state index contributed by atoms with van der Waals surface area (Å²) in [5.74, 6) is -6.10. The van der Waals surface area contributed by atoms with Crippen LogP contribution in [0.4, 0.5) is 0 Å². The summed E-state index contributed by atoms with van der Waals surface area (Å²) in [5.41, 5.74) is 17.8. The highest BCUT2D eigenvalue weighted by molar-refractivity contribution is 5.96. The average Bonchev–Trinajstić information content (AvgIpc) is 3.32. The fraction of sp³-hybridized carbons (Fsp3) is 0.462. The van der Waals surface area contributed by atoms with Crippen molar-refractivity contribution >= 4 is 46.5 Å². The van der Waals surface area contributed by atoms with Gasteiger partial charge in [0.25, 0.3) is 0 Å². The Morgan fingerprint density at radius 3 is 2.12 bits per heavy atom. The molecule has 0 aliphatic carbocycles. The molecular weight excluding hydrogens is 538 g/mol. The van der Waals surface area contributed by atoms with Gasteiger partial charge >= 0.3 is 11.9 Å². The van der Waals surface area contributed by atoms with Crippen molar-refractivity contribution in [1.82, 2.24) is 20.9 Å². The summed E-state index contributed by atoms with van der Waals surface area (Å²) in [6.07, 6.45) is 1.46. The topological polar surface area (TPSA) is 273 Å². The SMILES string of the molecule is NCCCCC(NC(=O)C(CC(=O)O)NC(=O)C(Cc1c[nH]c2ccccc12)NC(=O)C(N)CCC(N)=O)C(=O)O. The number of carboxylic acid groups (broad SMARTS) is 2. The summed E-state index contributed by atoms with van der Waals surface area (Å²) in [6.45, 7) is 0.327. The van der Waals surface area contributed by atoms with E-state index in [-0.39, 0.29) is 25.7 Å². The first-order valence-electron chi connectivity index (χ1n) is 13.1. The van der Waals surface area contributed by atoms with E-state index in [0.29, 0.717) is 24.9 Å². The molecule has 15 nitrogen and oxygen atoms in total. The van der Waals surface area contributed by atoms with Gasteiger partial charge in [0.1, 0.15) is 18.1 Å². The molecule has 4 unspecified atom stereocenters. The molecule has 0 radical (unpaired) electrons. The maximum atomic E-state index is 13.4. The minimum Gasteiger partial charge on any atom is -0.481 e. The molecule has 4 atom stereocenters. The number of primary amides is 1. The number of aromatic amines is 1. The number of fused-ring (bicyclic) bond motifs is 1. The molecule has 2 rings (SSSR count). The molecule has 4 amide bonds. The molecule has 0 aliphatic heterocycles. The Kier molecular flexibility index (Phi) is 12.7. The van der Waals surface area contributed by atoms with Gasteiger partial charge in [0.05, 0.1) is 12.5 Å². The van der Waals surface area contributed by atoms with E-state index in [2.05, 4.69) is 20.9 Å². The lowest BCUT2D eigenvalue weighted by molar-refractivity contribution is -0.143. The van der Waals surface area contributed by atoms with Crippen molar-refractivity contribution in [2.45, 2.75) is 69.1 Å². The Balaban J connectivity index is 2.27. The predicted octanol–water partition coefficient (Wildman–Crippen LogP) is -1.55. The zero-order chi connectivity index (χ0) is 30.5. The molecule has 0 saturated heterocycles. The van der Waals surface area contributed by atoms with Crippen molar-refractivity contribution < 1.29 is 39.0 Å². The van der Waals surface area contributed by atoms with Crippen molar-refractivity contribution in [3.05, 3.63) is 36.0 Å². The molecule has 1 heterocycles. The maximum absolute atomic E-state index is 13.4. The number of carbonyl (C=O) groups excluding carboxylic acids is 4. The lowest BCUT2D eigenvalue weighted by Crippen LogP contribution is -2.58. The summed E-state index contributed by atoms with van der Waals surface area (Å²) in [6, 6.07) is 1.73. The van der Waals surface area contributed by atoms with Gasteiger partial charge in [0.15, 0.2) is 0 Å². The molecule has 0 aliphatic rings. The molecule has 15 heteroatoms. The number of nitrogens with one attached hydrogen (secondary N) is 4. The second kappa shape index (κ2) is 15.9. The summed E-state index contributed by atoms with van der Waals surface area (Å²) in [7, 11) is 0. The van der Waals surface area contributed by atoms with Crippen LogP contribution in [-0.4, -0.2) is 81.5 Å². The van der Waals surface area contributed by atoms with Gasteiger partial charge in [-0.2, -0.15) is 0 Å². The standard InChI is InChI=1S/C26H37N7O8/c27-10-4-3-7-18(26(40)41)31-25(39)20(12-22(35)36)33-24(38)19(32-23(37)16(28)8-9-21(29)34)11-14-13-30-17-6-2-1-5-15(14)17/h1-2,5-6,13,16,18-20,30H,3-4,7-12,27-28H2,(H2,29,34)(H,31,39)(H,32,37)(H,33,38)(H,35,36)(H,40,41). The van der Waals surface area contributed by atoms with Gasteiger partial charge in [0, 0.05) is 29.9 Å². The van der Waals surface area contributed by atoms with Crippen LogP contribution in [0.3, 0.4) is 0 Å². The van der Waals surface area contributed by atoms with Crippen molar-refractivity contribution in [1.29, 1.82) is 0 Å². The number of benzene rings is 1. The Morgan fingerprint density at radius 1 is 0.854 bits per heavy atom. The zero-order valence-corrected chi connectivity index (χ0v) is 22.4. The Hall–Kier alpha value is -4.50. The fourth-order valence-corrected chi connectivity index (χ4v) is 4.12. The van der Waals surface area contributed by atoms with Crippen LogP contribution >= 0.6 is 0 Å². The lowest BCUT2D eigenvalue weighted by Gasteiger charge is -2.24. The smallest absolute Gasteiger partial charge is 0.326 e. The van der Waals surface area contributed by atoms with Gasteiger partial charge in [0.2, 0.25) is 23.6 Å². The van der Waals surface area contributed by atoms with Crippen molar-refractivity contribution in [3.63, 3.8) is 0 Å². The predicted molar refractivity (Wildman–Crippen MR) is 147 cm³/mol. The van der Waals surface area contributed by atoms with E-state index in [9.17, 15) is 39.0 Å². The summed E-state index contributed by atoms with van der Waals surface area (Å²) in [5, 5.41) is 26.7. The second-order valence-electron chi connectivity index (χ2n) is 9.58. The number of nitrogens with two attached hydrogens (primary N) is 3. The van der Waals surface area contributed by atoms with E-state index in [1.54, 1.807) is 18.3 Å². The summed E-state index contributed by atoms with van der Waals surface area (Å²) in [4.78, 5) is 76.4. The Bertz CT molecular complexity index is 1250. The number of carbonyl (C=O) groups is 6. The number of hydrogen-bond acceptors (Lipinski definition) is 8. The molecule has 0 fully saturated rings. The molecule has 224 valence electrons. The van der Waals surface area contributed by atoms with Gasteiger partial charge < -0.3 is 48.3 Å². The minimum absolute atomic E-state index is 0.0500. The highest BCUT2D eigenvalue weighted by atomic mass is 16.4. The van der Waals surface area contributed by atoms with Crippen LogP contribution < -0.4 is 33.2 Å². The molecule has 41 heavy (non-hydrogen) atoms. The van der Waals surface area contributed by atoms with Crippen molar-refractivity contribution in [2.75, 3.05) is 6.54 Å². The van der Waals surface area contributed by atoms with E-state index >= 15 is 0 Å². The van der Waals surface area contributed by atoms with Gasteiger partial charge in [-0.15, -0.1) is 0 Å². The van der Waals surface area contributed by atoms with Gasteiger partial charge in [-0.3, -0.25) is 24.0 Å². The van der Waals surface area contributed by atoms with Crippen LogP contribution in [-0.2, 0) is 35.2 Å². The minimum atomic E-state index is -1.65. The molecule has 1 aromatic carbocycles. The molecule has 0 spiro atoms. The number of para-hydroxylation sites is 1. The van der Waals surface area contributed by atoms with Crippen LogP contribution in [0.25, 0.3) is 10.9 Å². The Labute approximate surface area is 235 Å². The number of aliphatic carboxylic acids is 2. The van der Waals surface area contributed by atoms with Crippen LogP contribution in [0.15, 0.2) is 30.5 Å². The summed E-state index contributed by atoms with van der Waals surface area (Å²) < 4.78 is 0. The van der Waals surface area contributed by atoms with E-state index in [0.717, 1.165) is 10.9 Å². The molecule has 12 N–H and O–H groups in total. The first kappa shape index (κ1) is 32.7. The maximum Gasteiger partial charge on any atom is 0.326 e. The lowest BCUT2D eigenvalue weighted by atomic mass is 10.0. The number of amides is 4. The van der Waals surface area contributed by atoms with Crippen LogP contribution in [0.5, 0.6) is 0 Å². The van der Waals surface area contributed by atoms with Gasteiger partial charge in [-0.25, -0.2) is 4.79 Å². The second-order valence-corrected chi connectivity index (χ2v) is 9.58. The zero-order valence-electron chi connectivity index (χ0n) is 22.4. The van der Waals surface area contributed by atoms with E-state index in [1.165, 1.54) is 0 Å². The van der Waals surface area contributed by atoms with Crippen molar-refractivity contribution in [3.8, 4) is 0 Å². The van der Waals surface area contributed by atoms with Gasteiger partial charge in [-0.05, 0) is 43.9 Å². The molecule has 2 aromatic rings. The van der Waals surface area contributed by atoms with Crippen molar-refractivity contribution in [2.24, 2.45) is 17.2 Å². The largest absolute Gasteiger partial charge is 0.481 e. The normalized spacial score (nSPS) is 13.9.